The summed E-state index contributed by atoms with van der Waals surface area (Å²) in [5.41, 5.74) is 2.22. The molecule has 0 aliphatic carbocycles. The van der Waals surface area contributed by atoms with Crippen molar-refractivity contribution in [2.24, 2.45) is 0 Å². The largest absolute Gasteiger partial charge is 0.496 e. The summed E-state index contributed by atoms with van der Waals surface area (Å²) in [7, 11) is 1.69. The lowest BCUT2D eigenvalue weighted by Gasteiger charge is -2.12. The van der Waals surface area contributed by atoms with E-state index in [1.54, 1.807) is 7.11 Å². The maximum absolute atomic E-state index is 6.21. The van der Waals surface area contributed by atoms with Gasteiger partial charge in [0.25, 0.3) is 0 Å². The van der Waals surface area contributed by atoms with Gasteiger partial charge >= 0.3 is 0 Å². The van der Waals surface area contributed by atoms with E-state index >= 15 is 0 Å². The van der Waals surface area contributed by atoms with E-state index in [-0.39, 0.29) is 12.4 Å². The summed E-state index contributed by atoms with van der Waals surface area (Å²) in [6.07, 6.45) is 0.891. The number of halogens is 3. The van der Waals surface area contributed by atoms with Crippen LogP contribution >= 0.6 is 35.6 Å². The van der Waals surface area contributed by atoms with Crippen LogP contribution in [0.4, 0.5) is 0 Å². The molecule has 3 nitrogen and oxygen atoms in total. The second kappa shape index (κ2) is 10.7. The Kier molecular flexibility index (Phi) is 9.30. The maximum Gasteiger partial charge on any atom is 0.156 e. The number of rotatable bonds is 8. The zero-order chi connectivity index (χ0) is 16.7. The molecule has 0 atom stereocenters. The fourth-order valence-electron chi connectivity index (χ4n) is 2.36. The van der Waals surface area contributed by atoms with Crippen LogP contribution in [0.1, 0.15) is 18.1 Å². The van der Waals surface area contributed by atoms with Crippen molar-refractivity contribution >= 4 is 35.6 Å². The van der Waals surface area contributed by atoms with Crippen LogP contribution in [-0.4, -0.2) is 20.3 Å². The fourth-order valence-corrected chi connectivity index (χ4v) is 3.00. The molecule has 0 bridgehead atoms. The molecule has 132 valence electrons. The Hall–Kier alpha value is -1.13. The standard InChI is InChI=1S/C18H21Cl2NO2.ClH/c1-3-23-18-15(19)10-13(11-16(18)20)12-21-9-8-14-6-4-5-7-17(14)22-2;/h4-7,10-11,21H,3,8-9,12H2,1-2H3;1H. The molecular formula is C18H22Cl3NO2. The number of hydrogen-bond acceptors (Lipinski definition) is 3. The van der Waals surface area contributed by atoms with Gasteiger partial charge in [-0.2, -0.15) is 0 Å². The van der Waals surface area contributed by atoms with Gasteiger partial charge in [0.1, 0.15) is 5.75 Å². The van der Waals surface area contributed by atoms with E-state index in [0.717, 1.165) is 24.3 Å². The highest BCUT2D eigenvalue weighted by Gasteiger charge is 2.09. The highest BCUT2D eigenvalue weighted by molar-refractivity contribution is 6.37. The Morgan fingerprint density at radius 2 is 1.75 bits per heavy atom. The molecule has 0 saturated heterocycles. The Balaban J connectivity index is 0.00000288. The molecular weight excluding hydrogens is 369 g/mol. The average Bonchev–Trinajstić information content (AvgIpc) is 2.55. The van der Waals surface area contributed by atoms with Gasteiger partial charge in [-0.3, -0.25) is 0 Å². The van der Waals surface area contributed by atoms with Crippen molar-refractivity contribution in [3.8, 4) is 11.5 Å². The van der Waals surface area contributed by atoms with Crippen LogP contribution in [0.3, 0.4) is 0 Å². The number of para-hydroxylation sites is 1. The minimum absolute atomic E-state index is 0. The average molecular weight is 391 g/mol. The van der Waals surface area contributed by atoms with Crippen LogP contribution < -0.4 is 14.8 Å². The van der Waals surface area contributed by atoms with E-state index in [1.807, 2.05) is 37.3 Å². The molecule has 2 rings (SSSR count). The van der Waals surface area contributed by atoms with Gasteiger partial charge < -0.3 is 14.8 Å². The molecule has 0 heterocycles. The van der Waals surface area contributed by atoms with Crippen LogP contribution in [0, 0.1) is 0 Å². The Labute approximate surface area is 159 Å². The molecule has 0 aromatic heterocycles. The number of ether oxygens (including phenoxy) is 2. The van der Waals surface area contributed by atoms with Crippen molar-refractivity contribution in [1.29, 1.82) is 0 Å². The molecule has 24 heavy (non-hydrogen) atoms. The van der Waals surface area contributed by atoms with Crippen molar-refractivity contribution < 1.29 is 9.47 Å². The van der Waals surface area contributed by atoms with Crippen molar-refractivity contribution in [3.05, 3.63) is 57.6 Å². The van der Waals surface area contributed by atoms with E-state index in [0.29, 0.717) is 28.9 Å². The Morgan fingerprint density at radius 3 is 2.38 bits per heavy atom. The van der Waals surface area contributed by atoms with Crippen LogP contribution in [0.15, 0.2) is 36.4 Å². The number of hydrogen-bond donors (Lipinski definition) is 1. The highest BCUT2D eigenvalue weighted by atomic mass is 35.5. The summed E-state index contributed by atoms with van der Waals surface area (Å²) in [5, 5.41) is 4.48. The van der Waals surface area contributed by atoms with Crippen LogP contribution in [0.2, 0.25) is 10.0 Å². The lowest BCUT2D eigenvalue weighted by Crippen LogP contribution is -2.17. The van der Waals surface area contributed by atoms with Crippen molar-refractivity contribution in [2.75, 3.05) is 20.3 Å². The SMILES string of the molecule is CCOc1c(Cl)cc(CNCCc2ccccc2OC)cc1Cl.Cl. The Bertz CT molecular complexity index is 627. The minimum atomic E-state index is 0. The monoisotopic (exact) mass is 389 g/mol. The van der Waals surface area contributed by atoms with Gasteiger partial charge in [0.15, 0.2) is 5.75 Å². The summed E-state index contributed by atoms with van der Waals surface area (Å²) in [6, 6.07) is 11.8. The smallest absolute Gasteiger partial charge is 0.156 e. The summed E-state index contributed by atoms with van der Waals surface area (Å²) < 4.78 is 10.8. The quantitative estimate of drug-likeness (QED) is 0.632. The zero-order valence-electron chi connectivity index (χ0n) is 13.8. The molecule has 2 aromatic rings. The first kappa shape index (κ1) is 20.9. The van der Waals surface area contributed by atoms with E-state index in [1.165, 1.54) is 5.56 Å². The molecule has 0 unspecified atom stereocenters. The number of nitrogens with one attached hydrogen (secondary N) is 1. The van der Waals surface area contributed by atoms with E-state index in [2.05, 4.69) is 11.4 Å². The molecule has 0 amide bonds. The lowest BCUT2D eigenvalue weighted by atomic mass is 10.1. The minimum Gasteiger partial charge on any atom is -0.496 e. The molecule has 1 N–H and O–H groups in total. The normalized spacial score (nSPS) is 10.2. The van der Waals surface area contributed by atoms with Crippen molar-refractivity contribution in [3.63, 3.8) is 0 Å². The maximum atomic E-state index is 6.21. The number of methoxy groups -OCH3 is 1. The zero-order valence-corrected chi connectivity index (χ0v) is 16.1. The molecule has 0 fully saturated rings. The van der Waals surface area contributed by atoms with Crippen LogP contribution in [-0.2, 0) is 13.0 Å². The second-order valence-electron chi connectivity index (χ2n) is 5.06. The summed E-state index contributed by atoms with van der Waals surface area (Å²) in [6.45, 7) is 3.97. The molecule has 0 spiro atoms. The van der Waals surface area contributed by atoms with Gasteiger partial charge in [-0.05, 0) is 49.2 Å². The molecule has 0 radical (unpaired) electrons. The first-order valence-corrected chi connectivity index (χ1v) is 8.34. The molecule has 0 aliphatic heterocycles. The molecule has 0 saturated carbocycles. The van der Waals surface area contributed by atoms with Crippen molar-refractivity contribution in [2.45, 2.75) is 19.9 Å². The van der Waals surface area contributed by atoms with Gasteiger partial charge in [0.2, 0.25) is 0 Å². The van der Waals surface area contributed by atoms with E-state index in [4.69, 9.17) is 32.7 Å². The number of benzene rings is 2. The third-order valence-electron chi connectivity index (χ3n) is 3.44. The first-order chi connectivity index (χ1) is 11.2. The lowest BCUT2D eigenvalue weighted by molar-refractivity contribution is 0.340. The van der Waals surface area contributed by atoms with Gasteiger partial charge in [0, 0.05) is 6.54 Å². The van der Waals surface area contributed by atoms with Gasteiger partial charge in [-0.25, -0.2) is 0 Å². The van der Waals surface area contributed by atoms with Crippen molar-refractivity contribution in [1.82, 2.24) is 5.32 Å². The summed E-state index contributed by atoms with van der Waals surface area (Å²) >= 11 is 12.4. The molecule has 2 aromatic carbocycles. The Morgan fingerprint density at radius 1 is 1.08 bits per heavy atom. The second-order valence-corrected chi connectivity index (χ2v) is 5.87. The van der Waals surface area contributed by atoms with E-state index < -0.39 is 0 Å². The van der Waals surface area contributed by atoms with Crippen LogP contribution in [0.25, 0.3) is 0 Å². The highest BCUT2D eigenvalue weighted by Crippen LogP contribution is 2.34. The summed E-state index contributed by atoms with van der Waals surface area (Å²) in [4.78, 5) is 0. The third kappa shape index (κ3) is 5.75. The van der Waals surface area contributed by atoms with Crippen LogP contribution in [0.5, 0.6) is 11.5 Å². The molecule has 6 heteroatoms. The summed E-state index contributed by atoms with van der Waals surface area (Å²) in [5.74, 6) is 1.47. The predicted molar refractivity (Wildman–Crippen MR) is 103 cm³/mol. The van der Waals surface area contributed by atoms with Gasteiger partial charge in [-0.15, -0.1) is 12.4 Å². The molecule has 0 aliphatic rings. The van der Waals surface area contributed by atoms with Gasteiger partial charge in [-0.1, -0.05) is 41.4 Å². The van der Waals surface area contributed by atoms with Gasteiger partial charge in [0.05, 0.1) is 23.8 Å². The van der Waals surface area contributed by atoms with E-state index in [9.17, 15) is 0 Å². The third-order valence-corrected chi connectivity index (χ3v) is 4.00. The fraction of sp³-hybridized carbons (Fsp3) is 0.333. The predicted octanol–water partition coefficient (Wildman–Crippen LogP) is 5.15. The topological polar surface area (TPSA) is 30.5 Å². The first-order valence-electron chi connectivity index (χ1n) is 7.59.